The van der Waals surface area contributed by atoms with Crippen molar-refractivity contribution in [2.45, 2.75) is 13.3 Å². The average molecular weight is 234 g/mol. The molecule has 11 heavy (non-hydrogen) atoms. The van der Waals surface area contributed by atoms with Gasteiger partial charge in [-0.2, -0.15) is 0 Å². The highest BCUT2D eigenvalue weighted by atomic mass is 79.9. The highest BCUT2D eigenvalue weighted by molar-refractivity contribution is 9.10. The van der Waals surface area contributed by atoms with Crippen LogP contribution in [0.3, 0.4) is 0 Å². The molecule has 2 N–H and O–H groups in total. The average Bonchev–Trinajstić information content (AvgIpc) is 2.35. The van der Waals surface area contributed by atoms with E-state index in [4.69, 9.17) is 5.73 Å². The Hall–Kier alpha value is 0.140. The van der Waals surface area contributed by atoms with Crippen LogP contribution >= 0.6 is 27.3 Å². The number of halogens is 1. The second-order valence-corrected chi connectivity index (χ2v) is 4.69. The van der Waals surface area contributed by atoms with Crippen molar-refractivity contribution in [3.8, 4) is 0 Å². The standard InChI is InChI=1S/C8H12BrNS/c1-6(4-10)2-8-3-7(9)5-11-8/h3,5-6H,2,4,10H2,1H3. The molecule has 1 nitrogen and oxygen atoms in total. The third-order valence-corrected chi connectivity index (χ3v) is 3.29. The summed E-state index contributed by atoms with van der Waals surface area (Å²) in [5, 5.41) is 2.11. The molecule has 0 amide bonds. The zero-order chi connectivity index (χ0) is 8.27. The van der Waals surface area contributed by atoms with Gasteiger partial charge >= 0.3 is 0 Å². The van der Waals surface area contributed by atoms with Crippen LogP contribution < -0.4 is 5.73 Å². The Labute approximate surface area is 79.7 Å². The van der Waals surface area contributed by atoms with Gasteiger partial charge in [-0.25, -0.2) is 0 Å². The molecule has 0 aliphatic carbocycles. The Morgan fingerprint density at radius 2 is 2.45 bits per heavy atom. The first-order valence-electron chi connectivity index (χ1n) is 3.65. The molecule has 0 aromatic carbocycles. The first-order valence-corrected chi connectivity index (χ1v) is 5.32. The Bertz CT molecular complexity index is 222. The van der Waals surface area contributed by atoms with Crippen molar-refractivity contribution >= 4 is 27.3 Å². The van der Waals surface area contributed by atoms with E-state index in [-0.39, 0.29) is 0 Å². The normalized spacial score (nSPS) is 13.4. The summed E-state index contributed by atoms with van der Waals surface area (Å²) in [6.45, 7) is 2.95. The van der Waals surface area contributed by atoms with Crippen LogP contribution in [0.25, 0.3) is 0 Å². The minimum atomic E-state index is 0.598. The second-order valence-electron chi connectivity index (χ2n) is 2.78. The first kappa shape index (κ1) is 9.23. The van der Waals surface area contributed by atoms with Crippen molar-refractivity contribution in [3.05, 3.63) is 20.8 Å². The fourth-order valence-electron chi connectivity index (χ4n) is 0.888. The van der Waals surface area contributed by atoms with Gasteiger partial charge in [-0.3, -0.25) is 0 Å². The van der Waals surface area contributed by atoms with Gasteiger partial charge in [-0.1, -0.05) is 6.92 Å². The smallest absolute Gasteiger partial charge is 0.0285 e. The summed E-state index contributed by atoms with van der Waals surface area (Å²) in [5.74, 6) is 0.598. The molecule has 0 spiro atoms. The Kier molecular flexibility index (Phi) is 3.55. The number of nitrogens with two attached hydrogens (primary N) is 1. The van der Waals surface area contributed by atoms with Gasteiger partial charge in [0.15, 0.2) is 0 Å². The molecule has 0 aliphatic heterocycles. The summed E-state index contributed by atoms with van der Waals surface area (Å²) in [5.41, 5.74) is 5.52. The highest BCUT2D eigenvalue weighted by Gasteiger charge is 2.02. The van der Waals surface area contributed by atoms with E-state index in [1.807, 2.05) is 0 Å². The zero-order valence-electron chi connectivity index (χ0n) is 6.51. The molecule has 0 saturated heterocycles. The number of thiophene rings is 1. The molecule has 0 bridgehead atoms. The molecule has 1 atom stereocenters. The van der Waals surface area contributed by atoms with Crippen LogP contribution in [0, 0.1) is 5.92 Å². The summed E-state index contributed by atoms with van der Waals surface area (Å²) in [6.07, 6.45) is 1.10. The summed E-state index contributed by atoms with van der Waals surface area (Å²) < 4.78 is 1.18. The van der Waals surface area contributed by atoms with Crippen molar-refractivity contribution in [1.82, 2.24) is 0 Å². The minimum Gasteiger partial charge on any atom is -0.330 e. The van der Waals surface area contributed by atoms with E-state index < -0.39 is 0 Å². The SMILES string of the molecule is CC(CN)Cc1cc(Br)cs1. The molecule has 1 unspecified atom stereocenters. The Morgan fingerprint density at radius 3 is 2.91 bits per heavy atom. The maximum atomic E-state index is 5.52. The molecule has 0 radical (unpaired) electrons. The van der Waals surface area contributed by atoms with E-state index in [2.05, 4.69) is 34.3 Å². The van der Waals surface area contributed by atoms with Crippen molar-refractivity contribution in [2.24, 2.45) is 11.7 Å². The molecular weight excluding hydrogens is 222 g/mol. The van der Waals surface area contributed by atoms with Crippen molar-refractivity contribution in [1.29, 1.82) is 0 Å². The van der Waals surface area contributed by atoms with Gasteiger partial charge in [0.25, 0.3) is 0 Å². The van der Waals surface area contributed by atoms with Gasteiger partial charge in [0.2, 0.25) is 0 Å². The van der Waals surface area contributed by atoms with Crippen LogP contribution in [0.1, 0.15) is 11.8 Å². The van der Waals surface area contributed by atoms with E-state index >= 15 is 0 Å². The predicted molar refractivity (Wildman–Crippen MR) is 53.9 cm³/mol. The molecule has 0 aliphatic rings. The van der Waals surface area contributed by atoms with Gasteiger partial charge in [0, 0.05) is 14.7 Å². The van der Waals surface area contributed by atoms with Crippen molar-refractivity contribution in [3.63, 3.8) is 0 Å². The lowest BCUT2D eigenvalue weighted by atomic mass is 10.1. The summed E-state index contributed by atoms with van der Waals surface area (Å²) in [7, 11) is 0. The molecule has 0 fully saturated rings. The van der Waals surface area contributed by atoms with Crippen LogP contribution in [0.4, 0.5) is 0 Å². The largest absolute Gasteiger partial charge is 0.330 e. The number of hydrogen-bond acceptors (Lipinski definition) is 2. The lowest BCUT2D eigenvalue weighted by molar-refractivity contribution is 0.598. The van der Waals surface area contributed by atoms with Crippen LogP contribution in [0.2, 0.25) is 0 Å². The quantitative estimate of drug-likeness (QED) is 0.854. The number of rotatable bonds is 3. The molecule has 0 saturated carbocycles. The maximum Gasteiger partial charge on any atom is 0.0285 e. The molecular formula is C8H12BrNS. The maximum absolute atomic E-state index is 5.52. The minimum absolute atomic E-state index is 0.598. The van der Waals surface area contributed by atoms with Gasteiger partial charge in [0.1, 0.15) is 0 Å². The fourth-order valence-corrected chi connectivity index (χ4v) is 2.50. The lowest BCUT2D eigenvalue weighted by Gasteiger charge is -2.04. The van der Waals surface area contributed by atoms with Crippen molar-refractivity contribution < 1.29 is 0 Å². The molecule has 62 valence electrons. The Morgan fingerprint density at radius 1 is 1.73 bits per heavy atom. The van der Waals surface area contributed by atoms with Crippen LogP contribution in [-0.2, 0) is 6.42 Å². The molecule has 1 rings (SSSR count). The molecule has 3 heteroatoms. The van der Waals surface area contributed by atoms with Crippen molar-refractivity contribution in [2.75, 3.05) is 6.54 Å². The van der Waals surface area contributed by atoms with E-state index in [9.17, 15) is 0 Å². The van der Waals surface area contributed by atoms with E-state index in [0.717, 1.165) is 13.0 Å². The van der Waals surface area contributed by atoms with Crippen LogP contribution in [0.15, 0.2) is 15.9 Å². The van der Waals surface area contributed by atoms with Gasteiger partial charge in [0.05, 0.1) is 0 Å². The summed E-state index contributed by atoms with van der Waals surface area (Å²) >= 11 is 5.21. The monoisotopic (exact) mass is 233 g/mol. The Balaban J connectivity index is 2.50. The third kappa shape index (κ3) is 2.93. The van der Waals surface area contributed by atoms with E-state index in [0.29, 0.717) is 5.92 Å². The lowest BCUT2D eigenvalue weighted by Crippen LogP contribution is -2.12. The predicted octanol–water partition coefficient (Wildman–Crippen LogP) is 2.65. The summed E-state index contributed by atoms with van der Waals surface area (Å²) in [4.78, 5) is 1.41. The second kappa shape index (κ2) is 4.24. The van der Waals surface area contributed by atoms with Crippen LogP contribution in [0.5, 0.6) is 0 Å². The number of hydrogen-bond donors (Lipinski definition) is 1. The zero-order valence-corrected chi connectivity index (χ0v) is 8.91. The van der Waals surface area contributed by atoms with E-state index in [1.165, 1.54) is 9.35 Å². The first-order chi connectivity index (χ1) is 5.22. The third-order valence-electron chi connectivity index (χ3n) is 1.57. The molecule has 1 heterocycles. The molecule has 1 aromatic heterocycles. The van der Waals surface area contributed by atoms with Gasteiger partial charge < -0.3 is 5.73 Å². The summed E-state index contributed by atoms with van der Waals surface area (Å²) in [6, 6.07) is 2.16. The van der Waals surface area contributed by atoms with E-state index in [1.54, 1.807) is 11.3 Å². The van der Waals surface area contributed by atoms with Gasteiger partial charge in [-0.05, 0) is 40.9 Å². The fraction of sp³-hybridized carbons (Fsp3) is 0.500. The van der Waals surface area contributed by atoms with Crippen LogP contribution in [-0.4, -0.2) is 6.54 Å². The van der Waals surface area contributed by atoms with Gasteiger partial charge in [-0.15, -0.1) is 11.3 Å². The highest BCUT2D eigenvalue weighted by Crippen LogP contribution is 2.21. The molecule has 1 aromatic rings. The topological polar surface area (TPSA) is 26.0 Å².